The highest BCUT2D eigenvalue weighted by molar-refractivity contribution is 9.11. The quantitative estimate of drug-likeness (QED) is 0.732. The lowest BCUT2D eigenvalue weighted by Crippen LogP contribution is -2.11. The van der Waals surface area contributed by atoms with E-state index in [-0.39, 0.29) is 0 Å². The van der Waals surface area contributed by atoms with Gasteiger partial charge in [-0.1, -0.05) is 20.3 Å². The minimum Gasteiger partial charge on any atom is -0.312 e. The van der Waals surface area contributed by atoms with Crippen LogP contribution in [0.15, 0.2) is 21.2 Å². The minimum atomic E-state index is 0.887. The van der Waals surface area contributed by atoms with Crippen LogP contribution >= 0.6 is 43.2 Å². The first-order chi connectivity index (χ1) is 9.65. The van der Waals surface area contributed by atoms with Gasteiger partial charge in [0.05, 0.1) is 5.69 Å². The Morgan fingerprint density at radius 3 is 2.75 bits per heavy atom. The van der Waals surface area contributed by atoms with Crippen molar-refractivity contribution in [2.24, 2.45) is 0 Å². The zero-order chi connectivity index (χ0) is 14.5. The van der Waals surface area contributed by atoms with Crippen LogP contribution < -0.4 is 5.32 Å². The molecule has 0 saturated heterocycles. The molecule has 0 aliphatic rings. The van der Waals surface area contributed by atoms with Crippen LogP contribution in [-0.4, -0.2) is 16.5 Å². The van der Waals surface area contributed by atoms with Crippen molar-refractivity contribution in [1.82, 2.24) is 15.3 Å². The molecule has 1 N–H and O–H groups in total. The molecule has 2 heterocycles. The predicted molar refractivity (Wildman–Crippen MR) is 92.1 cm³/mol. The Labute approximate surface area is 140 Å². The second-order valence-electron chi connectivity index (χ2n) is 4.40. The summed E-state index contributed by atoms with van der Waals surface area (Å²) in [5.41, 5.74) is 2.11. The van der Waals surface area contributed by atoms with E-state index in [1.54, 1.807) is 11.3 Å². The number of halogens is 2. The third kappa shape index (κ3) is 3.87. The minimum absolute atomic E-state index is 0.887. The Balaban J connectivity index is 2.36. The zero-order valence-electron chi connectivity index (χ0n) is 11.5. The van der Waals surface area contributed by atoms with Gasteiger partial charge in [-0.05, 0) is 50.9 Å². The van der Waals surface area contributed by atoms with Gasteiger partial charge in [0.2, 0.25) is 0 Å². The second kappa shape index (κ2) is 7.64. The van der Waals surface area contributed by atoms with Crippen LogP contribution in [0.2, 0.25) is 0 Å². The van der Waals surface area contributed by atoms with E-state index in [0.29, 0.717) is 0 Å². The van der Waals surface area contributed by atoms with Crippen molar-refractivity contribution in [2.75, 3.05) is 6.54 Å². The van der Waals surface area contributed by atoms with Crippen molar-refractivity contribution < 1.29 is 0 Å². The summed E-state index contributed by atoms with van der Waals surface area (Å²) in [5, 5.41) is 4.37. The Morgan fingerprint density at radius 2 is 2.10 bits per heavy atom. The number of hydrogen-bond donors (Lipinski definition) is 1. The molecular weight excluding hydrogens is 402 g/mol. The first-order valence-corrected chi connectivity index (χ1v) is 9.06. The molecule has 0 aromatic carbocycles. The van der Waals surface area contributed by atoms with Gasteiger partial charge in [0.25, 0.3) is 0 Å². The summed E-state index contributed by atoms with van der Waals surface area (Å²) in [6.45, 7) is 6.16. The van der Waals surface area contributed by atoms with E-state index in [1.807, 2.05) is 12.3 Å². The average molecular weight is 419 g/mol. The molecule has 108 valence electrons. The van der Waals surface area contributed by atoms with Gasteiger partial charge in [-0.15, -0.1) is 11.3 Å². The van der Waals surface area contributed by atoms with Gasteiger partial charge in [-0.25, -0.2) is 4.98 Å². The molecular formula is C14H17Br2N3S. The van der Waals surface area contributed by atoms with Crippen LogP contribution in [0.3, 0.4) is 0 Å². The van der Waals surface area contributed by atoms with E-state index in [2.05, 4.69) is 56.0 Å². The Bertz CT molecular complexity index is 584. The van der Waals surface area contributed by atoms with Gasteiger partial charge in [0.1, 0.15) is 10.7 Å². The molecule has 0 aliphatic carbocycles. The molecule has 0 bridgehead atoms. The van der Waals surface area contributed by atoms with Crippen LogP contribution in [0.25, 0.3) is 10.7 Å². The van der Waals surface area contributed by atoms with Crippen molar-refractivity contribution in [3.63, 3.8) is 0 Å². The van der Waals surface area contributed by atoms with Crippen molar-refractivity contribution >= 4 is 43.2 Å². The van der Waals surface area contributed by atoms with Gasteiger partial charge in [-0.3, -0.25) is 4.98 Å². The molecule has 6 heteroatoms. The fourth-order valence-corrected chi connectivity index (χ4v) is 4.26. The van der Waals surface area contributed by atoms with Crippen LogP contribution in [0.5, 0.6) is 0 Å². The molecule has 2 rings (SSSR count). The summed E-state index contributed by atoms with van der Waals surface area (Å²) in [6.07, 6.45) is 3.94. The van der Waals surface area contributed by atoms with Gasteiger partial charge < -0.3 is 5.32 Å². The number of thiazole rings is 1. The molecule has 0 atom stereocenters. The van der Waals surface area contributed by atoms with Crippen LogP contribution in [0.1, 0.15) is 30.8 Å². The van der Waals surface area contributed by atoms with Gasteiger partial charge >= 0.3 is 0 Å². The van der Waals surface area contributed by atoms with Crippen LogP contribution in [0.4, 0.5) is 0 Å². The Hall–Kier alpha value is -0.300. The molecule has 0 amide bonds. The highest BCUT2D eigenvalue weighted by Gasteiger charge is 2.15. The van der Waals surface area contributed by atoms with Crippen molar-refractivity contribution in [3.8, 4) is 10.7 Å². The molecule has 0 radical (unpaired) electrons. The van der Waals surface area contributed by atoms with E-state index < -0.39 is 0 Å². The Morgan fingerprint density at radius 1 is 1.30 bits per heavy atom. The maximum atomic E-state index is 4.78. The number of nitrogens with zero attached hydrogens (tertiary/aromatic N) is 2. The highest BCUT2D eigenvalue weighted by Crippen LogP contribution is 2.33. The van der Waals surface area contributed by atoms with Gasteiger partial charge in [0.15, 0.2) is 0 Å². The lowest BCUT2D eigenvalue weighted by Gasteiger charge is -2.00. The molecule has 0 fully saturated rings. The number of pyridine rings is 1. The van der Waals surface area contributed by atoms with Crippen molar-refractivity contribution in [1.29, 1.82) is 0 Å². The first kappa shape index (κ1) is 16.1. The monoisotopic (exact) mass is 417 g/mol. The number of hydrogen-bond acceptors (Lipinski definition) is 4. The lowest BCUT2D eigenvalue weighted by molar-refractivity contribution is 0.723. The van der Waals surface area contributed by atoms with Crippen molar-refractivity contribution in [3.05, 3.63) is 31.8 Å². The zero-order valence-corrected chi connectivity index (χ0v) is 15.5. The third-order valence-electron chi connectivity index (χ3n) is 2.81. The summed E-state index contributed by atoms with van der Waals surface area (Å²) in [6, 6.07) is 2.01. The van der Waals surface area contributed by atoms with Crippen molar-refractivity contribution in [2.45, 2.75) is 33.2 Å². The van der Waals surface area contributed by atoms with Crippen LogP contribution in [0, 0.1) is 0 Å². The number of rotatable bonds is 6. The topological polar surface area (TPSA) is 37.8 Å². The summed E-state index contributed by atoms with van der Waals surface area (Å²) in [5.74, 6) is 0. The molecule has 0 aliphatic heterocycles. The summed E-state index contributed by atoms with van der Waals surface area (Å²) < 4.78 is 1.94. The summed E-state index contributed by atoms with van der Waals surface area (Å²) in [4.78, 5) is 10.6. The second-order valence-corrected chi connectivity index (χ2v) is 7.26. The van der Waals surface area contributed by atoms with E-state index in [4.69, 9.17) is 4.98 Å². The van der Waals surface area contributed by atoms with Gasteiger partial charge in [0, 0.05) is 26.6 Å². The van der Waals surface area contributed by atoms with E-state index in [1.165, 1.54) is 10.6 Å². The normalized spacial score (nSPS) is 11.0. The fraction of sp³-hybridized carbons (Fsp3) is 0.429. The standard InChI is InChI=1S/C14H17Br2N3S/c1-3-5-11-12(8-17-4-2)20-14(19-11)13-10(16)6-9(15)7-18-13/h6-7,17H,3-5,8H2,1-2H3. The summed E-state index contributed by atoms with van der Waals surface area (Å²) >= 11 is 8.73. The van der Waals surface area contributed by atoms with E-state index in [0.717, 1.165) is 45.6 Å². The van der Waals surface area contributed by atoms with Gasteiger partial charge in [-0.2, -0.15) is 0 Å². The SMILES string of the molecule is CCCc1nc(-c2ncc(Br)cc2Br)sc1CNCC. The molecule has 0 unspecified atom stereocenters. The van der Waals surface area contributed by atoms with E-state index >= 15 is 0 Å². The third-order valence-corrected chi connectivity index (χ3v) is 4.95. The maximum Gasteiger partial charge on any atom is 0.143 e. The Kier molecular flexibility index (Phi) is 6.14. The lowest BCUT2D eigenvalue weighted by atomic mass is 10.2. The molecule has 2 aromatic heterocycles. The number of aryl methyl sites for hydroxylation is 1. The number of nitrogens with one attached hydrogen (secondary N) is 1. The molecule has 3 nitrogen and oxygen atoms in total. The maximum absolute atomic E-state index is 4.78. The van der Waals surface area contributed by atoms with Crippen LogP contribution in [-0.2, 0) is 13.0 Å². The smallest absolute Gasteiger partial charge is 0.143 e. The highest BCUT2D eigenvalue weighted by atomic mass is 79.9. The summed E-state index contributed by atoms with van der Waals surface area (Å²) in [7, 11) is 0. The largest absolute Gasteiger partial charge is 0.312 e. The molecule has 0 saturated carbocycles. The fourth-order valence-electron chi connectivity index (χ4n) is 1.87. The number of aromatic nitrogens is 2. The molecule has 20 heavy (non-hydrogen) atoms. The molecule has 2 aromatic rings. The average Bonchev–Trinajstić information content (AvgIpc) is 2.80. The molecule has 0 spiro atoms. The van der Waals surface area contributed by atoms with E-state index in [9.17, 15) is 0 Å². The first-order valence-electron chi connectivity index (χ1n) is 6.66. The predicted octanol–water partition coefficient (Wildman–Crippen LogP) is 4.79.